The molecule has 0 aromatic heterocycles. The molecule has 1 saturated heterocycles. The summed E-state index contributed by atoms with van der Waals surface area (Å²) in [6.07, 6.45) is 0.515. The molecule has 1 aliphatic rings. The lowest BCUT2D eigenvalue weighted by Gasteiger charge is -2.48. The Hall–Kier alpha value is -2.27. The molecule has 1 fully saturated rings. The van der Waals surface area contributed by atoms with Crippen LogP contribution >= 0.6 is 11.6 Å². The maximum atomic E-state index is 14.0. The van der Waals surface area contributed by atoms with Gasteiger partial charge in [-0.3, -0.25) is 0 Å². The third-order valence-corrected chi connectivity index (χ3v) is 5.92. The summed E-state index contributed by atoms with van der Waals surface area (Å²) in [5, 5.41) is 10.3. The van der Waals surface area contributed by atoms with Crippen LogP contribution in [0.1, 0.15) is 39.2 Å². The standard InChI is InChI=1S/C23H28ClFN2O2/c1-23(2,3)21-14-20(11-12-26(21)22(28)29)27(19-6-4-5-18(25)13-19)15-16-7-9-17(24)10-8-16/h4-10,13,20-21H,11-12,14-15H2,1-3H3,(H,28,29). The Balaban J connectivity index is 1.93. The van der Waals surface area contributed by atoms with Crippen molar-refractivity contribution in [3.63, 3.8) is 0 Å². The van der Waals surface area contributed by atoms with Crippen molar-refractivity contribution in [3.05, 3.63) is 64.9 Å². The zero-order valence-corrected chi connectivity index (χ0v) is 17.9. The Morgan fingerprint density at radius 3 is 2.52 bits per heavy atom. The molecule has 1 aliphatic heterocycles. The van der Waals surface area contributed by atoms with Crippen molar-refractivity contribution in [2.75, 3.05) is 11.4 Å². The van der Waals surface area contributed by atoms with Crippen LogP contribution in [0.15, 0.2) is 48.5 Å². The van der Waals surface area contributed by atoms with Gasteiger partial charge >= 0.3 is 6.09 Å². The highest BCUT2D eigenvalue weighted by molar-refractivity contribution is 6.30. The first-order valence-electron chi connectivity index (χ1n) is 9.91. The van der Waals surface area contributed by atoms with Gasteiger partial charge in [0.25, 0.3) is 0 Å². The van der Waals surface area contributed by atoms with E-state index in [-0.39, 0.29) is 23.3 Å². The number of carboxylic acid groups (broad SMARTS) is 1. The van der Waals surface area contributed by atoms with Gasteiger partial charge in [0.1, 0.15) is 5.82 Å². The Morgan fingerprint density at radius 2 is 1.93 bits per heavy atom. The van der Waals surface area contributed by atoms with Crippen LogP contribution in [0.25, 0.3) is 0 Å². The molecule has 156 valence electrons. The Morgan fingerprint density at radius 1 is 1.24 bits per heavy atom. The van der Waals surface area contributed by atoms with Gasteiger partial charge in [-0.25, -0.2) is 9.18 Å². The maximum absolute atomic E-state index is 14.0. The number of hydrogen-bond acceptors (Lipinski definition) is 2. The van der Waals surface area contributed by atoms with Crippen molar-refractivity contribution in [1.29, 1.82) is 0 Å². The van der Waals surface area contributed by atoms with Crippen molar-refractivity contribution in [2.45, 2.75) is 52.2 Å². The number of carbonyl (C=O) groups is 1. The van der Waals surface area contributed by atoms with Gasteiger partial charge in [0.2, 0.25) is 0 Å². The van der Waals surface area contributed by atoms with Crippen molar-refractivity contribution in [2.24, 2.45) is 5.41 Å². The van der Waals surface area contributed by atoms with Crippen LogP contribution in [-0.4, -0.2) is 34.7 Å². The molecule has 0 bridgehead atoms. The van der Waals surface area contributed by atoms with Crippen LogP contribution in [0.2, 0.25) is 5.02 Å². The summed E-state index contributed by atoms with van der Waals surface area (Å²) in [6.45, 7) is 7.29. The summed E-state index contributed by atoms with van der Waals surface area (Å²) in [5.74, 6) is -0.279. The smallest absolute Gasteiger partial charge is 0.407 e. The topological polar surface area (TPSA) is 43.8 Å². The molecule has 0 spiro atoms. The quantitative estimate of drug-likeness (QED) is 0.657. The number of nitrogens with zero attached hydrogens (tertiary/aromatic N) is 2. The molecule has 0 radical (unpaired) electrons. The van der Waals surface area contributed by atoms with Gasteiger partial charge in [-0.15, -0.1) is 0 Å². The molecule has 1 amide bonds. The van der Waals surface area contributed by atoms with E-state index in [2.05, 4.69) is 25.7 Å². The van der Waals surface area contributed by atoms with Gasteiger partial charge in [0, 0.05) is 35.9 Å². The number of benzene rings is 2. The summed E-state index contributed by atoms with van der Waals surface area (Å²) in [4.78, 5) is 15.5. The molecule has 2 unspecified atom stereocenters. The van der Waals surface area contributed by atoms with Gasteiger partial charge in [-0.2, -0.15) is 0 Å². The normalized spacial score (nSPS) is 19.8. The highest BCUT2D eigenvalue weighted by Crippen LogP contribution is 2.36. The highest BCUT2D eigenvalue weighted by atomic mass is 35.5. The number of likely N-dealkylation sites (tertiary alicyclic amines) is 1. The molecule has 3 rings (SSSR count). The third-order valence-electron chi connectivity index (χ3n) is 5.67. The van der Waals surface area contributed by atoms with Gasteiger partial charge in [-0.05, 0) is 54.2 Å². The van der Waals surface area contributed by atoms with Gasteiger partial charge in [0.15, 0.2) is 0 Å². The molecule has 1 heterocycles. The van der Waals surface area contributed by atoms with Gasteiger partial charge in [-0.1, -0.05) is 50.6 Å². The molecule has 2 atom stereocenters. The zero-order chi connectivity index (χ0) is 21.2. The van der Waals surface area contributed by atoms with Crippen LogP contribution in [0, 0.1) is 11.2 Å². The lowest BCUT2D eigenvalue weighted by atomic mass is 9.78. The van der Waals surface area contributed by atoms with E-state index in [1.807, 2.05) is 30.3 Å². The van der Waals surface area contributed by atoms with E-state index in [0.717, 1.165) is 11.3 Å². The van der Waals surface area contributed by atoms with E-state index in [4.69, 9.17) is 11.6 Å². The van der Waals surface area contributed by atoms with Gasteiger partial charge < -0.3 is 14.9 Å². The maximum Gasteiger partial charge on any atom is 0.407 e. The molecule has 0 aliphatic carbocycles. The minimum absolute atomic E-state index is 0.104. The average Bonchev–Trinajstić information content (AvgIpc) is 2.66. The summed E-state index contributed by atoms with van der Waals surface area (Å²) in [6, 6.07) is 14.3. The summed E-state index contributed by atoms with van der Waals surface area (Å²) in [5.41, 5.74) is 1.69. The largest absolute Gasteiger partial charge is 0.465 e. The van der Waals surface area contributed by atoms with Crippen LogP contribution in [-0.2, 0) is 6.54 Å². The van der Waals surface area contributed by atoms with Crippen LogP contribution in [0.5, 0.6) is 0 Å². The molecule has 4 nitrogen and oxygen atoms in total. The number of hydrogen-bond donors (Lipinski definition) is 1. The second-order valence-corrected chi connectivity index (χ2v) is 9.21. The van der Waals surface area contributed by atoms with Crippen molar-refractivity contribution in [1.82, 2.24) is 4.90 Å². The SMILES string of the molecule is CC(C)(C)C1CC(N(Cc2ccc(Cl)cc2)c2cccc(F)c2)CCN1C(=O)O. The number of anilines is 1. The number of piperidine rings is 1. The summed E-state index contributed by atoms with van der Waals surface area (Å²) in [7, 11) is 0. The molecule has 2 aromatic carbocycles. The van der Waals surface area contributed by atoms with E-state index in [1.54, 1.807) is 17.0 Å². The second-order valence-electron chi connectivity index (χ2n) is 8.77. The fourth-order valence-electron chi connectivity index (χ4n) is 4.15. The van der Waals surface area contributed by atoms with E-state index in [0.29, 0.717) is 31.0 Å². The molecule has 29 heavy (non-hydrogen) atoms. The fourth-order valence-corrected chi connectivity index (χ4v) is 4.28. The number of amides is 1. The van der Waals surface area contributed by atoms with Crippen molar-refractivity contribution >= 4 is 23.4 Å². The first-order valence-corrected chi connectivity index (χ1v) is 10.3. The van der Waals surface area contributed by atoms with E-state index < -0.39 is 6.09 Å². The van der Waals surface area contributed by atoms with Crippen molar-refractivity contribution < 1.29 is 14.3 Å². The monoisotopic (exact) mass is 418 g/mol. The first-order chi connectivity index (χ1) is 13.6. The van der Waals surface area contributed by atoms with Gasteiger partial charge in [0.05, 0.1) is 0 Å². The third kappa shape index (κ3) is 5.21. The zero-order valence-electron chi connectivity index (χ0n) is 17.1. The molecular formula is C23H28ClFN2O2. The predicted octanol–water partition coefficient (Wildman–Crippen LogP) is 6.04. The molecule has 1 N–H and O–H groups in total. The molecule has 2 aromatic rings. The van der Waals surface area contributed by atoms with Crippen molar-refractivity contribution in [3.8, 4) is 0 Å². The van der Waals surface area contributed by atoms with Crippen LogP contribution in [0.3, 0.4) is 0 Å². The Kier molecular flexibility index (Phi) is 6.37. The second kappa shape index (κ2) is 8.62. The minimum atomic E-state index is -0.876. The Labute approximate surface area is 176 Å². The predicted molar refractivity (Wildman–Crippen MR) is 115 cm³/mol. The van der Waals surface area contributed by atoms with E-state index in [9.17, 15) is 14.3 Å². The minimum Gasteiger partial charge on any atom is -0.465 e. The molecular weight excluding hydrogens is 391 g/mol. The van der Waals surface area contributed by atoms with Crippen LogP contribution < -0.4 is 4.90 Å². The van der Waals surface area contributed by atoms with Crippen LogP contribution in [0.4, 0.5) is 14.9 Å². The fraction of sp³-hybridized carbons (Fsp3) is 0.435. The first kappa shape index (κ1) is 21.4. The summed E-state index contributed by atoms with van der Waals surface area (Å²) < 4.78 is 14.0. The molecule has 6 heteroatoms. The summed E-state index contributed by atoms with van der Waals surface area (Å²) >= 11 is 6.03. The molecule has 0 saturated carbocycles. The lowest BCUT2D eigenvalue weighted by molar-refractivity contribution is 0.0520. The lowest BCUT2D eigenvalue weighted by Crippen LogP contribution is -2.56. The highest BCUT2D eigenvalue weighted by Gasteiger charge is 2.40. The van der Waals surface area contributed by atoms with E-state index >= 15 is 0 Å². The Bertz CT molecular complexity index is 851. The number of rotatable bonds is 4. The average molecular weight is 419 g/mol. The number of halogens is 2. The van der Waals surface area contributed by atoms with E-state index in [1.165, 1.54) is 6.07 Å².